The number of aryl methyl sites for hydroxylation is 3. The summed E-state index contributed by atoms with van der Waals surface area (Å²) in [5.41, 5.74) is 6.84. The molecule has 0 bridgehead atoms. The second-order valence-corrected chi connectivity index (χ2v) is 20.5. The number of allylic oxidation sites excluding steroid dienone is 2. The van der Waals surface area contributed by atoms with E-state index in [9.17, 15) is 4.79 Å². The first-order valence-corrected chi connectivity index (χ1v) is 18.8. The zero-order valence-corrected chi connectivity index (χ0v) is 26.2. The van der Waals surface area contributed by atoms with Gasteiger partial charge in [-0.2, -0.15) is 0 Å². The minimum absolute atomic E-state index is 0. The molecule has 4 aromatic rings. The summed E-state index contributed by atoms with van der Waals surface area (Å²) in [5.74, 6) is 7.25. The van der Waals surface area contributed by atoms with E-state index in [-0.39, 0.29) is 31.6 Å². The number of aliphatic hydroxyl groups excluding tert-OH is 1. The summed E-state index contributed by atoms with van der Waals surface area (Å²) in [6.07, 6.45) is 5.07. The van der Waals surface area contributed by atoms with Crippen molar-refractivity contribution >= 4 is 45.1 Å². The van der Waals surface area contributed by atoms with Gasteiger partial charge in [0.2, 0.25) is 0 Å². The number of aliphatic hydroxyl groups is 1. The molecule has 0 saturated carbocycles. The third kappa shape index (κ3) is 6.87. The summed E-state index contributed by atoms with van der Waals surface area (Å²) >= 11 is -1.92. The van der Waals surface area contributed by atoms with E-state index in [1.807, 2.05) is 12.4 Å². The van der Waals surface area contributed by atoms with Crippen LogP contribution in [-0.2, 0) is 24.9 Å². The Morgan fingerprint density at radius 1 is 0.971 bits per heavy atom. The second kappa shape index (κ2) is 11.6. The Labute approximate surface area is 224 Å². The van der Waals surface area contributed by atoms with Crippen molar-refractivity contribution in [3.8, 4) is 11.3 Å². The van der Waals surface area contributed by atoms with Gasteiger partial charge in [0, 0.05) is 26.2 Å². The Bertz CT molecular complexity index is 1400. The molecule has 185 valence electrons. The number of aromatic nitrogens is 2. The number of carbonyl (C=O) groups excluding carboxylic acids is 1. The monoisotopic (exact) mass is 708 g/mol. The molecule has 6 heteroatoms. The minimum Gasteiger partial charge on any atom is 0 e. The average Bonchev–Trinajstić information content (AvgIpc) is 2.71. The van der Waals surface area contributed by atoms with Crippen LogP contribution >= 0.6 is 0 Å². The van der Waals surface area contributed by atoms with Crippen LogP contribution in [0.4, 0.5) is 0 Å². The maximum atomic E-state index is 10.0. The van der Waals surface area contributed by atoms with E-state index in [2.05, 4.69) is 79.4 Å². The molecule has 0 aliphatic heterocycles. The molecule has 2 heterocycles. The number of hydrogen-bond donors (Lipinski definition) is 1. The summed E-state index contributed by atoms with van der Waals surface area (Å²) in [6.45, 7) is 9.28. The predicted molar refractivity (Wildman–Crippen MR) is 146 cm³/mol. The summed E-state index contributed by atoms with van der Waals surface area (Å²) in [6, 6.07) is 14.5. The van der Waals surface area contributed by atoms with Crippen molar-refractivity contribution in [3.63, 3.8) is 0 Å². The van der Waals surface area contributed by atoms with Crippen LogP contribution in [0.2, 0.25) is 17.3 Å². The van der Waals surface area contributed by atoms with Gasteiger partial charge >= 0.3 is 164 Å². The van der Waals surface area contributed by atoms with E-state index in [0.29, 0.717) is 0 Å². The van der Waals surface area contributed by atoms with Crippen LogP contribution in [-0.4, -0.2) is 34.1 Å². The normalized spacial score (nSPS) is 11.6. The fourth-order valence-corrected chi connectivity index (χ4v) is 8.23. The van der Waals surface area contributed by atoms with Gasteiger partial charge < -0.3 is 5.11 Å². The SMILES string of the molecule is CC(=O)/C=C(/C)O.Cc1[c-]c(-c2nccc3c2cnc2c(C)[c]([Ge]([CH3])([CH3])[CH3])ccc23)cc(C)c1.[Ir]. The first-order valence-electron chi connectivity index (χ1n) is 11.4. The molecular formula is C29H33GeIrN2O2-. The van der Waals surface area contributed by atoms with Crippen LogP contribution in [0.5, 0.6) is 0 Å². The number of ketones is 1. The third-order valence-corrected chi connectivity index (χ3v) is 10.2. The van der Waals surface area contributed by atoms with Gasteiger partial charge in [-0.3, -0.25) is 4.79 Å². The smallest absolute Gasteiger partial charge is 0 e. The van der Waals surface area contributed by atoms with Crippen molar-refractivity contribution in [3.05, 3.63) is 77.3 Å². The van der Waals surface area contributed by atoms with Crippen molar-refractivity contribution in [2.24, 2.45) is 0 Å². The Morgan fingerprint density at radius 2 is 1.66 bits per heavy atom. The molecule has 1 N–H and O–H groups in total. The molecule has 1 radical (unpaired) electrons. The van der Waals surface area contributed by atoms with E-state index in [0.717, 1.165) is 27.7 Å². The molecule has 0 spiro atoms. The van der Waals surface area contributed by atoms with Crippen LogP contribution in [0.15, 0.2) is 54.6 Å². The van der Waals surface area contributed by atoms with Crippen LogP contribution < -0.4 is 4.40 Å². The van der Waals surface area contributed by atoms with Crippen molar-refractivity contribution in [1.82, 2.24) is 9.97 Å². The Kier molecular flexibility index (Phi) is 9.58. The van der Waals surface area contributed by atoms with Crippen LogP contribution in [0.25, 0.3) is 32.9 Å². The van der Waals surface area contributed by atoms with Gasteiger partial charge in [0.25, 0.3) is 0 Å². The number of rotatable bonds is 3. The zero-order chi connectivity index (χ0) is 25.2. The van der Waals surface area contributed by atoms with E-state index in [4.69, 9.17) is 10.1 Å². The number of nitrogens with zero attached hydrogens (tertiary/aromatic N) is 2. The summed E-state index contributed by atoms with van der Waals surface area (Å²) in [4.78, 5) is 19.6. The zero-order valence-electron chi connectivity index (χ0n) is 21.7. The topological polar surface area (TPSA) is 63.1 Å². The molecule has 4 rings (SSSR count). The summed E-state index contributed by atoms with van der Waals surface area (Å²) in [5, 5.41) is 11.9. The third-order valence-electron chi connectivity index (χ3n) is 5.66. The predicted octanol–water partition coefficient (Wildman–Crippen LogP) is 6.76. The summed E-state index contributed by atoms with van der Waals surface area (Å²) in [7, 11) is 0. The molecule has 0 amide bonds. The largest absolute Gasteiger partial charge is 0 e. The molecule has 4 nitrogen and oxygen atoms in total. The van der Waals surface area contributed by atoms with Gasteiger partial charge in [-0.25, -0.2) is 0 Å². The molecular weight excluding hydrogens is 673 g/mol. The van der Waals surface area contributed by atoms with Crippen LogP contribution in [0.1, 0.15) is 30.5 Å². The maximum absolute atomic E-state index is 10.0. The molecule has 0 fully saturated rings. The molecule has 2 aromatic heterocycles. The van der Waals surface area contributed by atoms with Crippen molar-refractivity contribution in [2.75, 3.05) is 0 Å². The number of fused-ring (bicyclic) bond motifs is 3. The molecule has 0 unspecified atom stereocenters. The Hall–Kier alpha value is -2.34. The van der Waals surface area contributed by atoms with Gasteiger partial charge in [0.1, 0.15) is 0 Å². The number of carbonyl (C=O) groups is 1. The van der Waals surface area contributed by atoms with Gasteiger partial charge in [0.15, 0.2) is 5.78 Å². The number of hydrogen-bond acceptors (Lipinski definition) is 4. The van der Waals surface area contributed by atoms with E-state index < -0.39 is 13.3 Å². The molecule has 0 aliphatic carbocycles. The van der Waals surface area contributed by atoms with Crippen LogP contribution in [0, 0.1) is 26.8 Å². The van der Waals surface area contributed by atoms with Gasteiger partial charge in [-0.15, -0.1) is 0 Å². The molecule has 0 atom stereocenters. The average molecular weight is 706 g/mol. The van der Waals surface area contributed by atoms with E-state index >= 15 is 0 Å². The minimum atomic E-state index is -1.92. The Balaban J connectivity index is 0.000000476. The van der Waals surface area contributed by atoms with Crippen LogP contribution in [0.3, 0.4) is 0 Å². The standard InChI is InChI=1S/C24H25GeN2.C5H8O2.Ir/c1-15-11-16(2)13-18(12-15)24-21-14-27-23-17(3)22(25(4,5)6)8-7-20(23)19(21)9-10-26-24;1-4(6)3-5(2)7;/h7-12,14H,1-6H3;3,6H,1-2H3;/q-1;;/b;4-3-;. The second-order valence-electron chi connectivity index (χ2n) is 9.91. The molecule has 2 aromatic carbocycles. The first kappa shape index (κ1) is 28.9. The molecule has 35 heavy (non-hydrogen) atoms. The van der Waals surface area contributed by atoms with Gasteiger partial charge in [0.05, 0.1) is 5.76 Å². The fraction of sp³-hybridized carbons (Fsp3) is 0.276. The first-order chi connectivity index (χ1) is 15.9. The molecule has 0 saturated heterocycles. The van der Waals surface area contributed by atoms with Crippen molar-refractivity contribution < 1.29 is 30.0 Å². The van der Waals surface area contributed by atoms with Crippen molar-refractivity contribution in [2.45, 2.75) is 51.9 Å². The molecule has 0 aliphatic rings. The quantitative estimate of drug-likeness (QED) is 0.0842. The summed E-state index contributed by atoms with van der Waals surface area (Å²) < 4.78 is 1.53. The number of benzene rings is 2. The van der Waals surface area contributed by atoms with Gasteiger partial charge in [-0.05, 0) is 13.8 Å². The fourth-order valence-electron chi connectivity index (χ4n) is 4.40. The Morgan fingerprint density at radius 3 is 2.20 bits per heavy atom. The maximum Gasteiger partial charge on any atom is 0 e. The van der Waals surface area contributed by atoms with E-state index in [1.165, 1.54) is 46.2 Å². The van der Waals surface area contributed by atoms with Gasteiger partial charge in [-0.1, -0.05) is 0 Å². The van der Waals surface area contributed by atoms with Crippen molar-refractivity contribution in [1.29, 1.82) is 0 Å². The van der Waals surface area contributed by atoms with E-state index in [1.54, 1.807) is 0 Å². The number of pyridine rings is 2.